The standard InChI is InChI=1S/C20H19N3O5/c1-25-17-6-4-14-13(19(17)26-2)10-15(22-14)20(24)23-21-11-12-3-5-16-18(9-12)28-8-7-27-16/h3-6,9-11,22H,7-8H2,1-2H3,(H,23,24). The summed E-state index contributed by atoms with van der Waals surface area (Å²) in [4.78, 5) is 15.5. The minimum Gasteiger partial charge on any atom is -0.493 e. The van der Waals surface area contributed by atoms with Gasteiger partial charge >= 0.3 is 0 Å². The number of nitrogens with one attached hydrogen (secondary N) is 2. The maximum absolute atomic E-state index is 12.4. The highest BCUT2D eigenvalue weighted by Crippen LogP contribution is 2.35. The Labute approximate surface area is 161 Å². The lowest BCUT2D eigenvalue weighted by atomic mass is 10.2. The van der Waals surface area contributed by atoms with Gasteiger partial charge in [0.25, 0.3) is 5.91 Å². The number of hydrogen-bond acceptors (Lipinski definition) is 6. The summed E-state index contributed by atoms with van der Waals surface area (Å²) in [5.41, 5.74) is 4.42. The van der Waals surface area contributed by atoms with E-state index in [-0.39, 0.29) is 5.91 Å². The Morgan fingerprint density at radius 2 is 1.93 bits per heavy atom. The van der Waals surface area contributed by atoms with Gasteiger partial charge in [-0.25, -0.2) is 5.43 Å². The Morgan fingerprint density at radius 3 is 2.71 bits per heavy atom. The molecule has 0 bridgehead atoms. The number of hydrogen-bond donors (Lipinski definition) is 2. The summed E-state index contributed by atoms with van der Waals surface area (Å²) in [5.74, 6) is 2.16. The number of aromatic nitrogens is 1. The molecule has 1 aliphatic rings. The van der Waals surface area contributed by atoms with Crippen LogP contribution in [0.5, 0.6) is 23.0 Å². The van der Waals surface area contributed by atoms with Crippen LogP contribution in [-0.4, -0.2) is 44.5 Å². The number of carbonyl (C=O) groups is 1. The predicted molar refractivity (Wildman–Crippen MR) is 104 cm³/mol. The molecular weight excluding hydrogens is 362 g/mol. The van der Waals surface area contributed by atoms with Crippen LogP contribution in [0.15, 0.2) is 41.5 Å². The third kappa shape index (κ3) is 3.32. The Morgan fingerprint density at radius 1 is 1.11 bits per heavy atom. The largest absolute Gasteiger partial charge is 0.493 e. The van der Waals surface area contributed by atoms with Crippen LogP contribution in [0.1, 0.15) is 16.1 Å². The lowest BCUT2D eigenvalue weighted by Gasteiger charge is -2.18. The maximum Gasteiger partial charge on any atom is 0.287 e. The van der Waals surface area contributed by atoms with E-state index in [9.17, 15) is 4.79 Å². The molecule has 1 aromatic heterocycles. The van der Waals surface area contributed by atoms with Crippen LogP contribution in [0.2, 0.25) is 0 Å². The van der Waals surface area contributed by atoms with Crippen LogP contribution in [0.3, 0.4) is 0 Å². The topological polar surface area (TPSA) is 94.2 Å². The van der Waals surface area contributed by atoms with Gasteiger partial charge in [-0.2, -0.15) is 5.10 Å². The molecule has 0 fully saturated rings. The van der Waals surface area contributed by atoms with Crippen molar-refractivity contribution in [1.29, 1.82) is 0 Å². The molecule has 0 saturated carbocycles. The number of benzene rings is 2. The van der Waals surface area contributed by atoms with Gasteiger partial charge in [-0.3, -0.25) is 4.79 Å². The number of H-pyrrole nitrogens is 1. The first-order valence-corrected chi connectivity index (χ1v) is 8.66. The van der Waals surface area contributed by atoms with Crippen LogP contribution < -0.4 is 24.4 Å². The summed E-state index contributed by atoms with van der Waals surface area (Å²) in [6.07, 6.45) is 1.54. The average Bonchev–Trinajstić information content (AvgIpc) is 3.17. The van der Waals surface area contributed by atoms with Crippen molar-refractivity contribution < 1.29 is 23.7 Å². The lowest BCUT2D eigenvalue weighted by Crippen LogP contribution is -2.18. The van der Waals surface area contributed by atoms with Gasteiger partial charge in [-0.15, -0.1) is 0 Å². The molecule has 0 unspecified atom stereocenters. The van der Waals surface area contributed by atoms with E-state index in [1.54, 1.807) is 32.6 Å². The molecule has 144 valence electrons. The van der Waals surface area contributed by atoms with Crippen molar-refractivity contribution in [3.05, 3.63) is 47.7 Å². The number of hydrazone groups is 1. The first-order valence-electron chi connectivity index (χ1n) is 8.66. The van der Waals surface area contributed by atoms with Crippen LogP contribution in [0.25, 0.3) is 10.9 Å². The molecule has 0 aliphatic carbocycles. The average molecular weight is 381 g/mol. The number of ether oxygens (including phenoxy) is 4. The third-order valence-corrected chi connectivity index (χ3v) is 4.33. The molecular formula is C20H19N3O5. The van der Waals surface area contributed by atoms with Gasteiger partial charge in [0.1, 0.15) is 18.9 Å². The van der Waals surface area contributed by atoms with Crippen LogP contribution in [-0.2, 0) is 0 Å². The highest BCUT2D eigenvalue weighted by atomic mass is 16.6. The van der Waals surface area contributed by atoms with Crippen LogP contribution in [0.4, 0.5) is 0 Å². The summed E-state index contributed by atoms with van der Waals surface area (Å²) < 4.78 is 21.7. The molecule has 4 rings (SSSR count). The number of amides is 1. The number of carbonyl (C=O) groups excluding carboxylic acids is 1. The first-order chi connectivity index (χ1) is 13.7. The molecule has 0 saturated heterocycles. The van der Waals surface area contributed by atoms with Crippen molar-refractivity contribution in [3.63, 3.8) is 0 Å². The van der Waals surface area contributed by atoms with Crippen molar-refractivity contribution in [2.45, 2.75) is 0 Å². The minimum absolute atomic E-state index is 0.362. The first kappa shape index (κ1) is 17.7. The summed E-state index contributed by atoms with van der Waals surface area (Å²) >= 11 is 0. The number of methoxy groups -OCH3 is 2. The van der Waals surface area contributed by atoms with E-state index in [4.69, 9.17) is 18.9 Å². The summed E-state index contributed by atoms with van der Waals surface area (Å²) in [6, 6.07) is 10.8. The highest BCUT2D eigenvalue weighted by molar-refractivity contribution is 6.00. The quantitative estimate of drug-likeness (QED) is 0.524. The third-order valence-electron chi connectivity index (χ3n) is 4.33. The normalized spacial score (nSPS) is 12.9. The summed E-state index contributed by atoms with van der Waals surface area (Å²) in [7, 11) is 3.12. The molecule has 8 nitrogen and oxygen atoms in total. The zero-order valence-corrected chi connectivity index (χ0v) is 15.4. The van der Waals surface area contributed by atoms with Crippen LogP contribution >= 0.6 is 0 Å². The highest BCUT2D eigenvalue weighted by Gasteiger charge is 2.15. The molecule has 0 atom stereocenters. The Balaban J connectivity index is 1.50. The van der Waals surface area contributed by atoms with E-state index < -0.39 is 0 Å². The fraction of sp³-hybridized carbons (Fsp3) is 0.200. The zero-order chi connectivity index (χ0) is 19.5. The van der Waals surface area contributed by atoms with E-state index >= 15 is 0 Å². The van der Waals surface area contributed by atoms with Gasteiger partial charge in [0.2, 0.25) is 0 Å². The van der Waals surface area contributed by atoms with Gasteiger partial charge in [0, 0.05) is 5.39 Å². The van der Waals surface area contributed by atoms with E-state index in [0.29, 0.717) is 41.9 Å². The molecule has 2 N–H and O–H groups in total. The van der Waals surface area contributed by atoms with Crippen molar-refractivity contribution >= 4 is 23.0 Å². The molecule has 1 amide bonds. The Kier molecular flexibility index (Phi) is 4.76. The molecule has 1 aliphatic heterocycles. The van der Waals surface area contributed by atoms with Crippen molar-refractivity contribution in [3.8, 4) is 23.0 Å². The Bertz CT molecular complexity index is 1060. The molecule has 8 heteroatoms. The lowest BCUT2D eigenvalue weighted by molar-refractivity contribution is 0.0951. The SMILES string of the molecule is COc1ccc2[nH]c(C(=O)NN=Cc3ccc4c(c3)OCCO4)cc2c1OC. The Hall–Kier alpha value is -3.68. The van der Waals surface area contributed by atoms with Gasteiger partial charge in [-0.05, 0) is 42.0 Å². The van der Waals surface area contributed by atoms with E-state index in [2.05, 4.69) is 15.5 Å². The van der Waals surface area contributed by atoms with Gasteiger partial charge in [-0.1, -0.05) is 0 Å². The maximum atomic E-state index is 12.4. The zero-order valence-electron chi connectivity index (χ0n) is 15.4. The van der Waals surface area contributed by atoms with E-state index in [1.807, 2.05) is 24.3 Å². The molecule has 0 spiro atoms. The fourth-order valence-corrected chi connectivity index (χ4v) is 3.02. The second-order valence-corrected chi connectivity index (χ2v) is 6.05. The van der Waals surface area contributed by atoms with E-state index in [0.717, 1.165) is 16.5 Å². The monoisotopic (exact) mass is 381 g/mol. The number of aromatic amines is 1. The second-order valence-electron chi connectivity index (χ2n) is 6.05. The van der Waals surface area contributed by atoms with Crippen molar-refractivity contribution in [1.82, 2.24) is 10.4 Å². The molecule has 28 heavy (non-hydrogen) atoms. The molecule has 2 heterocycles. The van der Waals surface area contributed by atoms with E-state index in [1.165, 1.54) is 0 Å². The second kappa shape index (κ2) is 7.51. The van der Waals surface area contributed by atoms with Gasteiger partial charge < -0.3 is 23.9 Å². The van der Waals surface area contributed by atoms with Crippen molar-refractivity contribution in [2.24, 2.45) is 5.10 Å². The molecule has 3 aromatic rings. The minimum atomic E-state index is -0.369. The number of fused-ring (bicyclic) bond motifs is 2. The van der Waals surface area contributed by atoms with Crippen molar-refractivity contribution in [2.75, 3.05) is 27.4 Å². The molecule has 2 aromatic carbocycles. The summed E-state index contributed by atoms with van der Waals surface area (Å²) in [5, 5.41) is 4.77. The number of rotatable bonds is 5. The summed E-state index contributed by atoms with van der Waals surface area (Å²) in [6.45, 7) is 1.05. The molecule has 0 radical (unpaired) electrons. The number of nitrogens with zero attached hydrogens (tertiary/aromatic N) is 1. The predicted octanol–water partition coefficient (Wildman–Crippen LogP) is 2.72. The fourth-order valence-electron chi connectivity index (χ4n) is 3.02. The van der Waals surface area contributed by atoms with Crippen LogP contribution in [0, 0.1) is 0 Å². The smallest absolute Gasteiger partial charge is 0.287 e. The van der Waals surface area contributed by atoms with Gasteiger partial charge in [0.05, 0.1) is 26.0 Å². The van der Waals surface area contributed by atoms with Gasteiger partial charge in [0.15, 0.2) is 23.0 Å².